The Kier molecular flexibility index (Phi) is 2.84. The van der Waals surface area contributed by atoms with Crippen LogP contribution < -0.4 is 0 Å². The molecule has 88 valence electrons. The molecule has 1 aromatic rings. The highest BCUT2D eigenvalue weighted by atomic mass is 16.1. The van der Waals surface area contributed by atoms with Crippen LogP contribution in [0.1, 0.15) is 24.8 Å². The van der Waals surface area contributed by atoms with E-state index in [4.69, 9.17) is 0 Å². The van der Waals surface area contributed by atoms with Crippen LogP contribution in [-0.2, 0) is 11.2 Å². The topological polar surface area (TPSA) is 17.1 Å². The van der Waals surface area contributed by atoms with Gasteiger partial charge in [-0.1, -0.05) is 42.5 Å². The molecule has 3 rings (SSSR count). The fourth-order valence-electron chi connectivity index (χ4n) is 3.09. The zero-order chi connectivity index (χ0) is 11.7. The van der Waals surface area contributed by atoms with Crippen molar-refractivity contribution in [1.82, 2.24) is 0 Å². The van der Waals surface area contributed by atoms with Gasteiger partial charge < -0.3 is 0 Å². The normalized spacial score (nSPS) is 30.8. The summed E-state index contributed by atoms with van der Waals surface area (Å²) in [5, 5.41) is 0. The monoisotopic (exact) mass is 226 g/mol. The molecule has 1 heteroatoms. The first kappa shape index (κ1) is 10.8. The van der Waals surface area contributed by atoms with E-state index in [1.807, 2.05) is 0 Å². The molecule has 2 unspecified atom stereocenters. The largest absolute Gasteiger partial charge is 0.300 e. The Bertz CT molecular complexity index is 418. The van der Waals surface area contributed by atoms with Crippen LogP contribution in [0.15, 0.2) is 42.5 Å². The van der Waals surface area contributed by atoms with Crippen molar-refractivity contribution in [3.63, 3.8) is 0 Å². The second-order valence-electron chi connectivity index (χ2n) is 5.30. The Morgan fingerprint density at radius 3 is 2.53 bits per heavy atom. The van der Waals surface area contributed by atoms with E-state index in [1.165, 1.54) is 5.56 Å². The maximum absolute atomic E-state index is 11.1. The molecule has 2 aliphatic rings. The van der Waals surface area contributed by atoms with Crippen molar-refractivity contribution < 1.29 is 4.79 Å². The van der Waals surface area contributed by atoms with Gasteiger partial charge in [0.2, 0.25) is 0 Å². The molecular formula is C16H18O. The van der Waals surface area contributed by atoms with Gasteiger partial charge in [0.1, 0.15) is 5.78 Å². The van der Waals surface area contributed by atoms with Gasteiger partial charge in [0, 0.05) is 12.8 Å². The van der Waals surface area contributed by atoms with Gasteiger partial charge in [0.05, 0.1) is 0 Å². The lowest BCUT2D eigenvalue weighted by atomic mass is 10.1. The van der Waals surface area contributed by atoms with Crippen molar-refractivity contribution in [1.29, 1.82) is 0 Å². The summed E-state index contributed by atoms with van der Waals surface area (Å²) in [6, 6.07) is 10.6. The Hall–Kier alpha value is -1.37. The second-order valence-corrected chi connectivity index (χ2v) is 5.30. The fraction of sp³-hybridized carbons (Fsp3) is 0.438. The summed E-state index contributed by atoms with van der Waals surface area (Å²) < 4.78 is 0. The zero-order valence-corrected chi connectivity index (χ0v) is 10.0. The number of ketones is 1. The summed E-state index contributed by atoms with van der Waals surface area (Å²) in [6.45, 7) is 0. The lowest BCUT2D eigenvalue weighted by Gasteiger charge is -1.97. The van der Waals surface area contributed by atoms with Crippen LogP contribution in [0.25, 0.3) is 0 Å². The number of benzene rings is 1. The summed E-state index contributed by atoms with van der Waals surface area (Å²) in [7, 11) is 0. The average Bonchev–Trinajstić information content (AvgIpc) is 2.81. The third-order valence-corrected chi connectivity index (χ3v) is 4.13. The Morgan fingerprint density at radius 2 is 1.82 bits per heavy atom. The van der Waals surface area contributed by atoms with Crippen molar-refractivity contribution in [2.75, 3.05) is 0 Å². The molecule has 0 spiro atoms. The van der Waals surface area contributed by atoms with Gasteiger partial charge in [0.25, 0.3) is 0 Å². The van der Waals surface area contributed by atoms with E-state index in [-0.39, 0.29) is 0 Å². The molecule has 2 saturated carbocycles. The number of allylic oxidation sites excluding steroid dienone is 2. The van der Waals surface area contributed by atoms with Gasteiger partial charge in [-0.2, -0.15) is 0 Å². The number of Topliss-reactive ketones (excluding diaryl/α,β-unsaturated/α-hetero) is 1. The van der Waals surface area contributed by atoms with Crippen LogP contribution in [0.2, 0.25) is 0 Å². The van der Waals surface area contributed by atoms with E-state index in [0.29, 0.717) is 17.6 Å². The molecule has 0 bridgehead atoms. The third-order valence-electron chi connectivity index (χ3n) is 4.13. The SMILES string of the molecule is O=C1CC2C(/C=C/CCc3ccccc3)C2C1. The highest BCUT2D eigenvalue weighted by molar-refractivity contribution is 5.83. The van der Waals surface area contributed by atoms with Crippen LogP contribution >= 0.6 is 0 Å². The predicted molar refractivity (Wildman–Crippen MR) is 68.6 cm³/mol. The van der Waals surface area contributed by atoms with E-state index >= 15 is 0 Å². The van der Waals surface area contributed by atoms with E-state index in [9.17, 15) is 4.79 Å². The minimum atomic E-state index is 0.480. The molecule has 0 aliphatic heterocycles. The summed E-state index contributed by atoms with van der Waals surface area (Å²) in [6.07, 6.45) is 8.59. The minimum absolute atomic E-state index is 0.480. The first-order valence-electron chi connectivity index (χ1n) is 6.57. The summed E-state index contributed by atoms with van der Waals surface area (Å²) in [5.74, 6) is 2.61. The lowest BCUT2D eigenvalue weighted by molar-refractivity contribution is -0.118. The Labute approximate surface area is 103 Å². The number of rotatable bonds is 4. The number of carbonyl (C=O) groups excluding carboxylic acids is 1. The maximum Gasteiger partial charge on any atom is 0.133 e. The summed E-state index contributed by atoms with van der Waals surface area (Å²) in [4.78, 5) is 11.1. The van der Waals surface area contributed by atoms with Crippen LogP contribution in [0.4, 0.5) is 0 Å². The van der Waals surface area contributed by atoms with Crippen molar-refractivity contribution >= 4 is 5.78 Å². The number of hydrogen-bond acceptors (Lipinski definition) is 1. The highest BCUT2D eigenvalue weighted by Gasteiger charge is 2.54. The first-order valence-corrected chi connectivity index (χ1v) is 6.57. The molecule has 0 saturated heterocycles. The lowest BCUT2D eigenvalue weighted by Crippen LogP contribution is -1.95. The van der Waals surface area contributed by atoms with Gasteiger partial charge in [-0.3, -0.25) is 4.79 Å². The van der Waals surface area contributed by atoms with Gasteiger partial charge in [-0.05, 0) is 36.2 Å². The van der Waals surface area contributed by atoms with Crippen LogP contribution in [0, 0.1) is 17.8 Å². The second kappa shape index (κ2) is 4.48. The van der Waals surface area contributed by atoms with E-state index < -0.39 is 0 Å². The standard InChI is InChI=1S/C16H18O/c17-13-10-15-14(16(15)11-13)9-5-4-8-12-6-2-1-3-7-12/h1-3,5-7,9,14-16H,4,8,10-11H2/b9-5+. The minimum Gasteiger partial charge on any atom is -0.300 e. The van der Waals surface area contributed by atoms with Crippen molar-refractivity contribution in [2.24, 2.45) is 17.8 Å². The molecular weight excluding hydrogens is 208 g/mol. The molecule has 2 atom stereocenters. The first-order chi connectivity index (χ1) is 8.34. The Morgan fingerprint density at radius 1 is 1.12 bits per heavy atom. The fourth-order valence-corrected chi connectivity index (χ4v) is 3.09. The molecule has 0 aromatic heterocycles. The van der Waals surface area contributed by atoms with Crippen LogP contribution in [-0.4, -0.2) is 5.78 Å². The molecule has 0 amide bonds. The van der Waals surface area contributed by atoms with Gasteiger partial charge in [-0.25, -0.2) is 0 Å². The molecule has 0 N–H and O–H groups in total. The molecule has 2 fully saturated rings. The number of fused-ring (bicyclic) bond motifs is 1. The average molecular weight is 226 g/mol. The van der Waals surface area contributed by atoms with Crippen LogP contribution in [0.5, 0.6) is 0 Å². The van der Waals surface area contributed by atoms with Crippen molar-refractivity contribution in [2.45, 2.75) is 25.7 Å². The van der Waals surface area contributed by atoms with E-state index in [1.54, 1.807) is 0 Å². The van der Waals surface area contributed by atoms with Gasteiger partial charge in [-0.15, -0.1) is 0 Å². The number of aryl methyl sites for hydroxylation is 1. The smallest absolute Gasteiger partial charge is 0.133 e. The van der Waals surface area contributed by atoms with Crippen molar-refractivity contribution in [3.8, 4) is 0 Å². The molecule has 2 aliphatic carbocycles. The highest BCUT2D eigenvalue weighted by Crippen LogP contribution is 2.56. The number of hydrogen-bond donors (Lipinski definition) is 0. The maximum atomic E-state index is 11.1. The summed E-state index contributed by atoms with van der Waals surface area (Å²) in [5.41, 5.74) is 1.41. The van der Waals surface area contributed by atoms with Gasteiger partial charge >= 0.3 is 0 Å². The van der Waals surface area contributed by atoms with Crippen molar-refractivity contribution in [3.05, 3.63) is 48.0 Å². The zero-order valence-electron chi connectivity index (χ0n) is 10.0. The molecule has 1 aromatic carbocycles. The molecule has 0 heterocycles. The summed E-state index contributed by atoms with van der Waals surface area (Å²) >= 11 is 0. The van der Waals surface area contributed by atoms with E-state index in [2.05, 4.69) is 42.5 Å². The van der Waals surface area contributed by atoms with E-state index in [0.717, 1.165) is 31.6 Å². The van der Waals surface area contributed by atoms with Gasteiger partial charge in [0.15, 0.2) is 0 Å². The molecule has 17 heavy (non-hydrogen) atoms. The van der Waals surface area contributed by atoms with Crippen LogP contribution in [0.3, 0.4) is 0 Å². The Balaban J connectivity index is 1.43. The number of carbonyl (C=O) groups is 1. The third kappa shape index (κ3) is 2.33. The predicted octanol–water partition coefficient (Wildman–Crippen LogP) is 3.40. The molecule has 0 radical (unpaired) electrons. The molecule has 1 nitrogen and oxygen atoms in total. The quantitative estimate of drug-likeness (QED) is 0.719.